The second-order valence-corrected chi connectivity index (χ2v) is 5.88. The number of benzene rings is 2. The zero-order chi connectivity index (χ0) is 17.8. The number of aromatic amines is 1. The standard InChI is InChI=1S/C18H15ClFN3O2/c19-13-3-1-2-12(8-13)17-15(9-22-23-17)18(25)21-10-16(24)11-4-6-14(20)7-5-11/h1-9,16,24H,10H2,(H,21,25)(H,22,23). The summed E-state index contributed by atoms with van der Waals surface area (Å²) in [7, 11) is 0. The van der Waals surface area contributed by atoms with Gasteiger partial charge in [-0.1, -0.05) is 35.9 Å². The van der Waals surface area contributed by atoms with Crippen molar-refractivity contribution < 1.29 is 14.3 Å². The lowest BCUT2D eigenvalue weighted by Gasteiger charge is -2.12. The first kappa shape index (κ1) is 17.1. The van der Waals surface area contributed by atoms with Gasteiger partial charge in [-0.3, -0.25) is 9.89 Å². The van der Waals surface area contributed by atoms with E-state index in [2.05, 4.69) is 15.5 Å². The van der Waals surface area contributed by atoms with Crippen LogP contribution in [0.5, 0.6) is 0 Å². The van der Waals surface area contributed by atoms with Crippen LogP contribution in [0.25, 0.3) is 11.3 Å². The van der Waals surface area contributed by atoms with Gasteiger partial charge in [-0.2, -0.15) is 5.10 Å². The van der Waals surface area contributed by atoms with E-state index < -0.39 is 6.10 Å². The van der Waals surface area contributed by atoms with E-state index >= 15 is 0 Å². The highest BCUT2D eigenvalue weighted by molar-refractivity contribution is 6.30. The number of carbonyl (C=O) groups excluding carboxylic acids is 1. The van der Waals surface area contributed by atoms with Crippen LogP contribution in [-0.2, 0) is 0 Å². The molecule has 0 saturated carbocycles. The van der Waals surface area contributed by atoms with E-state index in [1.807, 2.05) is 6.07 Å². The number of nitrogens with zero attached hydrogens (tertiary/aromatic N) is 1. The number of halogens is 2. The summed E-state index contributed by atoms with van der Waals surface area (Å²) < 4.78 is 12.9. The molecule has 0 aliphatic rings. The molecule has 1 heterocycles. The zero-order valence-electron chi connectivity index (χ0n) is 13.0. The van der Waals surface area contributed by atoms with Crippen molar-refractivity contribution in [1.82, 2.24) is 15.5 Å². The number of rotatable bonds is 5. The molecular weight excluding hydrogens is 345 g/mol. The number of carbonyl (C=O) groups is 1. The number of aromatic nitrogens is 2. The third-order valence-electron chi connectivity index (χ3n) is 3.71. The second kappa shape index (κ2) is 7.46. The average molecular weight is 360 g/mol. The lowest BCUT2D eigenvalue weighted by atomic mass is 10.1. The van der Waals surface area contributed by atoms with Crippen LogP contribution < -0.4 is 5.32 Å². The molecule has 3 aromatic rings. The molecule has 1 aromatic heterocycles. The largest absolute Gasteiger partial charge is 0.387 e. The lowest BCUT2D eigenvalue weighted by Crippen LogP contribution is -2.28. The first-order valence-corrected chi connectivity index (χ1v) is 7.93. The summed E-state index contributed by atoms with van der Waals surface area (Å²) in [6, 6.07) is 12.5. The Balaban J connectivity index is 1.70. The SMILES string of the molecule is O=C(NCC(O)c1ccc(F)cc1)c1cn[nH]c1-c1cccc(Cl)c1. The molecule has 0 spiro atoms. The molecule has 1 unspecified atom stereocenters. The fraction of sp³-hybridized carbons (Fsp3) is 0.111. The molecule has 5 nitrogen and oxygen atoms in total. The highest BCUT2D eigenvalue weighted by Crippen LogP contribution is 2.24. The molecule has 0 bridgehead atoms. The summed E-state index contributed by atoms with van der Waals surface area (Å²) >= 11 is 5.98. The molecule has 0 aliphatic heterocycles. The minimum Gasteiger partial charge on any atom is -0.387 e. The van der Waals surface area contributed by atoms with Crippen LogP contribution in [0.1, 0.15) is 22.0 Å². The predicted molar refractivity (Wildman–Crippen MR) is 92.7 cm³/mol. The van der Waals surface area contributed by atoms with Gasteiger partial charge in [0, 0.05) is 17.1 Å². The molecular formula is C18H15ClFN3O2. The molecule has 1 atom stereocenters. The van der Waals surface area contributed by atoms with Gasteiger partial charge in [0.2, 0.25) is 0 Å². The number of aliphatic hydroxyl groups excluding tert-OH is 1. The molecule has 3 rings (SSSR count). The quantitative estimate of drug-likeness (QED) is 0.654. The molecule has 128 valence electrons. The summed E-state index contributed by atoms with van der Waals surface area (Å²) in [5.74, 6) is -0.769. The first-order chi connectivity index (χ1) is 12.0. The lowest BCUT2D eigenvalue weighted by molar-refractivity contribution is 0.0917. The molecule has 3 N–H and O–H groups in total. The van der Waals surface area contributed by atoms with Crippen molar-refractivity contribution in [3.8, 4) is 11.3 Å². The van der Waals surface area contributed by atoms with E-state index in [1.54, 1.807) is 18.2 Å². The average Bonchev–Trinajstić information content (AvgIpc) is 3.10. The van der Waals surface area contributed by atoms with Crippen LogP contribution in [-0.4, -0.2) is 27.8 Å². The Labute approximate surface area is 148 Å². The number of H-pyrrole nitrogens is 1. The number of hydrogen-bond acceptors (Lipinski definition) is 3. The van der Waals surface area contributed by atoms with Crippen molar-refractivity contribution >= 4 is 17.5 Å². The Kier molecular flexibility index (Phi) is 5.11. The Hall–Kier alpha value is -2.70. The third-order valence-corrected chi connectivity index (χ3v) is 3.94. The molecule has 0 saturated heterocycles. The fourth-order valence-corrected chi connectivity index (χ4v) is 2.60. The predicted octanol–water partition coefficient (Wildman–Crippen LogP) is 3.33. The van der Waals surface area contributed by atoms with E-state index in [0.29, 0.717) is 21.8 Å². The monoisotopic (exact) mass is 359 g/mol. The van der Waals surface area contributed by atoms with Gasteiger partial charge in [0.25, 0.3) is 5.91 Å². The smallest absolute Gasteiger partial charge is 0.255 e. The Morgan fingerprint density at radius 2 is 2.04 bits per heavy atom. The van der Waals surface area contributed by atoms with Gasteiger partial charge in [0.05, 0.1) is 23.6 Å². The number of hydrogen-bond donors (Lipinski definition) is 3. The van der Waals surface area contributed by atoms with Crippen LogP contribution in [0.2, 0.25) is 5.02 Å². The van der Waals surface area contributed by atoms with E-state index in [1.165, 1.54) is 30.5 Å². The van der Waals surface area contributed by atoms with Crippen LogP contribution in [0, 0.1) is 5.82 Å². The highest BCUT2D eigenvalue weighted by Gasteiger charge is 2.17. The van der Waals surface area contributed by atoms with Crippen LogP contribution in [0.15, 0.2) is 54.7 Å². The van der Waals surface area contributed by atoms with Crippen LogP contribution >= 0.6 is 11.6 Å². The highest BCUT2D eigenvalue weighted by atomic mass is 35.5. The summed E-state index contributed by atoms with van der Waals surface area (Å²) in [4.78, 5) is 12.4. The summed E-state index contributed by atoms with van der Waals surface area (Å²) in [5.41, 5.74) is 2.13. The van der Waals surface area contributed by atoms with Gasteiger partial charge in [0.15, 0.2) is 0 Å². The first-order valence-electron chi connectivity index (χ1n) is 7.55. The zero-order valence-corrected chi connectivity index (χ0v) is 13.8. The Bertz CT molecular complexity index is 880. The fourth-order valence-electron chi connectivity index (χ4n) is 2.41. The van der Waals surface area contributed by atoms with Gasteiger partial charge in [-0.15, -0.1) is 0 Å². The maximum absolute atomic E-state index is 12.9. The number of nitrogens with one attached hydrogen (secondary N) is 2. The van der Waals surface area contributed by atoms with Gasteiger partial charge < -0.3 is 10.4 Å². The Morgan fingerprint density at radius 3 is 2.76 bits per heavy atom. The molecule has 7 heteroatoms. The molecule has 25 heavy (non-hydrogen) atoms. The van der Waals surface area contributed by atoms with E-state index in [-0.39, 0.29) is 18.3 Å². The minimum atomic E-state index is -0.939. The Morgan fingerprint density at radius 1 is 1.28 bits per heavy atom. The van der Waals surface area contributed by atoms with Crippen molar-refractivity contribution in [3.63, 3.8) is 0 Å². The van der Waals surface area contributed by atoms with Crippen LogP contribution in [0.4, 0.5) is 4.39 Å². The van der Waals surface area contributed by atoms with Crippen molar-refractivity contribution in [1.29, 1.82) is 0 Å². The second-order valence-electron chi connectivity index (χ2n) is 5.45. The van der Waals surface area contributed by atoms with Gasteiger partial charge >= 0.3 is 0 Å². The van der Waals surface area contributed by atoms with Crippen molar-refractivity contribution in [2.75, 3.05) is 6.54 Å². The normalized spacial score (nSPS) is 12.0. The van der Waals surface area contributed by atoms with E-state index in [9.17, 15) is 14.3 Å². The van der Waals surface area contributed by atoms with Crippen molar-refractivity contribution in [3.05, 3.63) is 76.7 Å². The molecule has 0 fully saturated rings. The summed E-state index contributed by atoms with van der Waals surface area (Å²) in [6.45, 7) is -0.00929. The van der Waals surface area contributed by atoms with Gasteiger partial charge in [-0.05, 0) is 29.8 Å². The van der Waals surface area contributed by atoms with Gasteiger partial charge in [-0.25, -0.2) is 4.39 Å². The maximum atomic E-state index is 12.9. The van der Waals surface area contributed by atoms with Crippen LogP contribution in [0.3, 0.4) is 0 Å². The van der Waals surface area contributed by atoms with E-state index in [0.717, 1.165) is 5.56 Å². The third kappa shape index (κ3) is 4.04. The number of amides is 1. The van der Waals surface area contributed by atoms with Gasteiger partial charge in [0.1, 0.15) is 5.82 Å². The van der Waals surface area contributed by atoms with E-state index in [4.69, 9.17) is 11.6 Å². The minimum absolute atomic E-state index is 0.00929. The molecule has 0 aliphatic carbocycles. The molecule has 2 aromatic carbocycles. The number of aliphatic hydroxyl groups is 1. The van der Waals surface area contributed by atoms with Crippen molar-refractivity contribution in [2.24, 2.45) is 0 Å². The topological polar surface area (TPSA) is 78.0 Å². The molecule has 1 amide bonds. The van der Waals surface area contributed by atoms with Crippen molar-refractivity contribution in [2.45, 2.75) is 6.10 Å². The maximum Gasteiger partial charge on any atom is 0.255 e. The molecule has 0 radical (unpaired) electrons. The summed E-state index contributed by atoms with van der Waals surface area (Å²) in [6.07, 6.45) is 0.474. The summed E-state index contributed by atoms with van der Waals surface area (Å²) in [5, 5.41) is 20.0.